The lowest BCUT2D eigenvalue weighted by Gasteiger charge is -2.14. The summed E-state index contributed by atoms with van der Waals surface area (Å²) in [4.78, 5) is 11.3. The summed E-state index contributed by atoms with van der Waals surface area (Å²) < 4.78 is 15.7. The average Bonchev–Trinajstić information content (AvgIpc) is 2.80. The zero-order valence-electron chi connectivity index (χ0n) is 9.32. The van der Waals surface area contributed by atoms with E-state index in [0.29, 0.717) is 27.1 Å². The average molecular weight is 303 g/mol. The number of aliphatic hydroxyl groups excluding tert-OH is 1. The minimum Gasteiger partial charge on any atom is -0.467 e. The van der Waals surface area contributed by atoms with E-state index in [1.54, 1.807) is 13.0 Å². The van der Waals surface area contributed by atoms with E-state index < -0.39 is 12.1 Å². The van der Waals surface area contributed by atoms with Crippen LogP contribution in [0.5, 0.6) is 11.5 Å². The SMILES string of the molecule is COC(=O)C(O)c1cc2c(c(Br)c1C)OCO2. The fourth-order valence-corrected chi connectivity index (χ4v) is 2.18. The van der Waals surface area contributed by atoms with Gasteiger partial charge in [-0.3, -0.25) is 0 Å². The predicted molar refractivity (Wildman–Crippen MR) is 62.0 cm³/mol. The highest BCUT2D eigenvalue weighted by Crippen LogP contribution is 2.44. The Labute approximate surface area is 106 Å². The van der Waals surface area contributed by atoms with Crippen molar-refractivity contribution in [3.63, 3.8) is 0 Å². The Balaban J connectivity index is 2.49. The quantitative estimate of drug-likeness (QED) is 0.842. The molecule has 0 spiro atoms. The summed E-state index contributed by atoms with van der Waals surface area (Å²) in [6.07, 6.45) is -1.33. The third kappa shape index (κ3) is 1.98. The first-order valence-corrected chi connectivity index (χ1v) is 5.70. The Bertz CT molecular complexity index is 471. The standard InChI is InChI=1S/C11H11BrO5/c1-5-6(9(13)11(14)15-2)3-7-10(8(5)12)17-4-16-7/h3,9,13H,4H2,1-2H3. The van der Waals surface area contributed by atoms with Crippen LogP contribution in [0.1, 0.15) is 17.2 Å². The van der Waals surface area contributed by atoms with Crippen molar-refractivity contribution in [2.45, 2.75) is 13.0 Å². The monoisotopic (exact) mass is 302 g/mol. The van der Waals surface area contributed by atoms with Gasteiger partial charge < -0.3 is 19.3 Å². The number of rotatable bonds is 2. The van der Waals surface area contributed by atoms with Gasteiger partial charge in [0.05, 0.1) is 11.6 Å². The summed E-state index contributed by atoms with van der Waals surface area (Å²) >= 11 is 3.35. The molecule has 2 rings (SSSR count). The van der Waals surface area contributed by atoms with E-state index in [1.807, 2.05) is 0 Å². The smallest absolute Gasteiger partial charge is 0.339 e. The summed E-state index contributed by atoms with van der Waals surface area (Å²) in [5.74, 6) is 0.377. The Morgan fingerprint density at radius 2 is 2.29 bits per heavy atom. The van der Waals surface area contributed by atoms with Gasteiger partial charge in [0.1, 0.15) is 0 Å². The molecule has 0 radical (unpaired) electrons. The van der Waals surface area contributed by atoms with Crippen LogP contribution in [0, 0.1) is 6.92 Å². The van der Waals surface area contributed by atoms with Gasteiger partial charge in [0, 0.05) is 0 Å². The first kappa shape index (κ1) is 12.2. The van der Waals surface area contributed by atoms with Crippen molar-refractivity contribution < 1.29 is 24.1 Å². The van der Waals surface area contributed by atoms with Crippen molar-refractivity contribution in [2.24, 2.45) is 0 Å². The normalized spacial score (nSPS) is 14.6. The molecule has 0 saturated carbocycles. The molecule has 5 nitrogen and oxygen atoms in total. The molecule has 0 saturated heterocycles. The Kier molecular flexibility index (Phi) is 3.26. The van der Waals surface area contributed by atoms with Crippen LogP contribution in [-0.4, -0.2) is 25.0 Å². The molecule has 1 heterocycles. The second-order valence-corrected chi connectivity index (χ2v) is 4.36. The minimum atomic E-state index is -1.33. The number of benzene rings is 1. The fraction of sp³-hybridized carbons (Fsp3) is 0.364. The molecular formula is C11H11BrO5. The maximum Gasteiger partial charge on any atom is 0.339 e. The van der Waals surface area contributed by atoms with Gasteiger partial charge in [0.25, 0.3) is 0 Å². The van der Waals surface area contributed by atoms with Crippen molar-refractivity contribution in [1.82, 2.24) is 0 Å². The van der Waals surface area contributed by atoms with E-state index in [9.17, 15) is 9.90 Å². The lowest BCUT2D eigenvalue weighted by atomic mass is 10.0. The van der Waals surface area contributed by atoms with Crippen LogP contribution >= 0.6 is 15.9 Å². The molecule has 1 aromatic carbocycles. The first-order chi connectivity index (χ1) is 8.06. The molecule has 1 unspecified atom stereocenters. The number of carbonyl (C=O) groups excluding carboxylic acids is 1. The number of fused-ring (bicyclic) bond motifs is 1. The van der Waals surface area contributed by atoms with Crippen LogP contribution in [-0.2, 0) is 9.53 Å². The van der Waals surface area contributed by atoms with Gasteiger partial charge >= 0.3 is 5.97 Å². The largest absolute Gasteiger partial charge is 0.467 e. The van der Waals surface area contributed by atoms with Crippen molar-refractivity contribution >= 4 is 21.9 Å². The van der Waals surface area contributed by atoms with Gasteiger partial charge in [0.15, 0.2) is 17.6 Å². The molecule has 0 aromatic heterocycles. The number of methoxy groups -OCH3 is 1. The van der Waals surface area contributed by atoms with Gasteiger partial charge in [0.2, 0.25) is 6.79 Å². The molecule has 1 aliphatic heterocycles. The summed E-state index contributed by atoms with van der Waals surface area (Å²) in [6.45, 7) is 1.90. The Morgan fingerprint density at radius 1 is 1.59 bits per heavy atom. The van der Waals surface area contributed by atoms with Gasteiger partial charge in [-0.2, -0.15) is 0 Å². The molecule has 0 bridgehead atoms. The molecule has 0 fully saturated rings. The fourth-order valence-electron chi connectivity index (χ4n) is 1.64. The van der Waals surface area contributed by atoms with Gasteiger partial charge in [-0.05, 0) is 40.0 Å². The van der Waals surface area contributed by atoms with E-state index in [0.717, 1.165) is 0 Å². The molecule has 0 aliphatic carbocycles. The van der Waals surface area contributed by atoms with Crippen LogP contribution in [0.25, 0.3) is 0 Å². The highest BCUT2D eigenvalue weighted by molar-refractivity contribution is 9.10. The number of hydrogen-bond donors (Lipinski definition) is 1. The highest BCUT2D eigenvalue weighted by atomic mass is 79.9. The van der Waals surface area contributed by atoms with Crippen molar-refractivity contribution in [3.05, 3.63) is 21.7 Å². The molecule has 1 aliphatic rings. The van der Waals surface area contributed by atoms with Crippen LogP contribution in [0.2, 0.25) is 0 Å². The maximum atomic E-state index is 11.3. The van der Waals surface area contributed by atoms with Crippen LogP contribution in [0.4, 0.5) is 0 Å². The zero-order chi connectivity index (χ0) is 12.6. The number of aliphatic hydroxyl groups is 1. The molecular weight excluding hydrogens is 292 g/mol. The molecule has 92 valence electrons. The van der Waals surface area contributed by atoms with Crippen molar-refractivity contribution in [2.75, 3.05) is 13.9 Å². The van der Waals surface area contributed by atoms with Crippen LogP contribution in [0.3, 0.4) is 0 Å². The number of carbonyl (C=O) groups is 1. The lowest BCUT2D eigenvalue weighted by Crippen LogP contribution is -2.14. The second-order valence-electron chi connectivity index (χ2n) is 3.56. The molecule has 1 atom stereocenters. The molecule has 1 N–H and O–H groups in total. The number of halogens is 1. The summed E-state index contributed by atoms with van der Waals surface area (Å²) in [6, 6.07) is 1.59. The second kappa shape index (κ2) is 4.54. The van der Waals surface area contributed by atoms with Crippen molar-refractivity contribution in [3.8, 4) is 11.5 Å². The van der Waals surface area contributed by atoms with E-state index in [2.05, 4.69) is 20.7 Å². The molecule has 17 heavy (non-hydrogen) atoms. The topological polar surface area (TPSA) is 65.0 Å². The van der Waals surface area contributed by atoms with Gasteiger partial charge in [-0.15, -0.1) is 0 Å². The zero-order valence-corrected chi connectivity index (χ0v) is 10.9. The third-order valence-electron chi connectivity index (χ3n) is 2.61. The third-order valence-corrected chi connectivity index (χ3v) is 3.56. The van der Waals surface area contributed by atoms with E-state index in [4.69, 9.17) is 9.47 Å². The van der Waals surface area contributed by atoms with Gasteiger partial charge in [-0.25, -0.2) is 4.79 Å². The molecule has 0 amide bonds. The van der Waals surface area contributed by atoms with Crippen LogP contribution in [0.15, 0.2) is 10.5 Å². The molecule has 1 aromatic rings. The van der Waals surface area contributed by atoms with E-state index in [1.165, 1.54) is 7.11 Å². The van der Waals surface area contributed by atoms with Crippen molar-refractivity contribution in [1.29, 1.82) is 0 Å². The number of esters is 1. The lowest BCUT2D eigenvalue weighted by molar-refractivity contribution is -0.150. The number of hydrogen-bond acceptors (Lipinski definition) is 5. The van der Waals surface area contributed by atoms with Crippen LogP contribution < -0.4 is 9.47 Å². The molecule has 6 heteroatoms. The first-order valence-electron chi connectivity index (χ1n) is 4.90. The maximum absolute atomic E-state index is 11.3. The summed E-state index contributed by atoms with van der Waals surface area (Å²) in [5.41, 5.74) is 1.15. The summed E-state index contributed by atoms with van der Waals surface area (Å²) in [5, 5.41) is 9.83. The minimum absolute atomic E-state index is 0.130. The highest BCUT2D eigenvalue weighted by Gasteiger charge is 2.27. The van der Waals surface area contributed by atoms with E-state index >= 15 is 0 Å². The number of ether oxygens (including phenoxy) is 3. The summed E-state index contributed by atoms with van der Waals surface area (Å²) in [7, 11) is 1.23. The Morgan fingerprint density at radius 3 is 2.94 bits per heavy atom. The Hall–Kier alpha value is -1.27. The van der Waals surface area contributed by atoms with E-state index in [-0.39, 0.29) is 6.79 Å². The predicted octanol–water partition coefficient (Wildman–Crippen LogP) is 1.69. The van der Waals surface area contributed by atoms with Gasteiger partial charge in [-0.1, -0.05) is 0 Å².